The topological polar surface area (TPSA) is 43.4 Å². The van der Waals surface area contributed by atoms with Gasteiger partial charge in [0.05, 0.1) is 0 Å². The Hall–Kier alpha value is -0.830. The number of carbonyl (C=O) groups excluding carboxylic acids is 2. The second-order valence-corrected chi connectivity index (χ2v) is 16.8. The fraction of sp³-hybridized carbons (Fsp3) is 0.854. The zero-order valence-electron chi connectivity index (χ0n) is 31.7. The van der Waals surface area contributed by atoms with Crippen LogP contribution in [0.15, 0.2) is 24.3 Å². The Morgan fingerprint density at radius 3 is 1.11 bits per heavy atom. The van der Waals surface area contributed by atoms with Gasteiger partial charge in [0.15, 0.2) is 0 Å². The van der Waals surface area contributed by atoms with Gasteiger partial charge < -0.3 is 0 Å². The maximum absolute atomic E-state index is 13.1. The van der Waals surface area contributed by atoms with Gasteiger partial charge >= 0.3 is 212 Å². The van der Waals surface area contributed by atoms with Gasteiger partial charge in [0.1, 0.15) is 0 Å². The van der Waals surface area contributed by atoms with E-state index in [-0.39, 0.29) is 11.0 Å². The molecule has 0 unspecified atom stereocenters. The van der Waals surface area contributed by atoms with Crippen LogP contribution in [0, 0.1) is 0 Å². The van der Waals surface area contributed by atoms with Gasteiger partial charge in [0.2, 0.25) is 0 Å². The zero-order valence-corrected chi connectivity index (χ0v) is 32.7. The van der Waals surface area contributed by atoms with E-state index in [0.717, 1.165) is 49.6 Å². The molecule has 0 saturated carbocycles. The third-order valence-electron chi connectivity index (χ3n) is 8.85. The number of hydrogen-bond donors (Lipinski definition) is 0. The maximum atomic E-state index is 13.1. The molecule has 0 atom stereocenters. The molecule has 0 N–H and O–H groups in total. The fourth-order valence-corrected chi connectivity index (χ4v) is 7.41. The number of allylic oxidation sites excluding steroid dienone is 4. The van der Waals surface area contributed by atoms with Crippen molar-refractivity contribution in [3.8, 4) is 0 Å². The van der Waals surface area contributed by atoms with Crippen LogP contribution < -0.4 is 0 Å². The summed E-state index contributed by atoms with van der Waals surface area (Å²) < 4.78 is 6.82. The molecule has 0 aliphatic heterocycles. The first kappa shape index (κ1) is 45.2. The third kappa shape index (κ3) is 33.1. The number of carbonyl (C=O) groups is 2. The number of likely N-dealkylation sites (N-methyl/N-ethyl adjacent to an activating group) is 1. The van der Waals surface area contributed by atoms with Gasteiger partial charge in [-0.15, -0.1) is 0 Å². The van der Waals surface area contributed by atoms with E-state index in [1.165, 1.54) is 128 Å². The van der Waals surface area contributed by atoms with E-state index in [4.69, 9.17) is 4.52 Å². The van der Waals surface area contributed by atoms with Crippen LogP contribution in [-0.2, 0) is 14.1 Å². The van der Waals surface area contributed by atoms with E-state index in [1.807, 2.05) is 0 Å². The van der Waals surface area contributed by atoms with Crippen molar-refractivity contribution in [3.63, 3.8) is 0 Å². The molecule has 0 aromatic rings. The molecule has 0 amide bonds. The van der Waals surface area contributed by atoms with Crippen molar-refractivity contribution in [2.24, 2.45) is 0 Å². The first-order valence-corrected chi connectivity index (χ1v) is 21.4. The molecule has 46 heavy (non-hydrogen) atoms. The van der Waals surface area contributed by atoms with Crippen LogP contribution in [0.2, 0.25) is 0 Å². The molecule has 0 rings (SSSR count). The molecule has 0 aliphatic rings. The molecular weight excluding hydrogens is 585 g/mol. The number of nitrogens with zero attached hydrogens (tertiary/aromatic N) is 1. The number of rotatable bonds is 36. The predicted octanol–water partition coefficient (Wildman–Crippen LogP) is 13.0. The van der Waals surface area contributed by atoms with Crippen molar-refractivity contribution in [2.45, 2.75) is 194 Å². The van der Waals surface area contributed by atoms with Crippen molar-refractivity contribution < 1.29 is 18.6 Å². The summed E-state index contributed by atoms with van der Waals surface area (Å²) in [6.07, 6.45) is 43.0. The minimum atomic E-state index is -2.08. The zero-order chi connectivity index (χ0) is 34.0. The summed E-state index contributed by atoms with van der Waals surface area (Å²) in [5.74, 6) is 0. The molecule has 0 aliphatic carbocycles. The standard InChI is InChI=1S/C41H80NO3P/c1-6-8-10-12-14-16-18-20-22-24-26-28-30-32-34-36-40(43)46(45-39-38-42(3,4)5)41(44)37-35-33-31-29-27-25-23-21-19-17-15-13-11-9-7-2/h26-29,46H,6-25,30-39H2,1-5H3. The SMILES string of the molecule is CCCCCCCCCCCC=CCCCCC(=O)[PH-](OCC[N+](C)(C)C)C(=O)CCCCC=CCCCCCCCCCCC. The van der Waals surface area contributed by atoms with Crippen molar-refractivity contribution in [3.05, 3.63) is 24.3 Å². The third-order valence-corrected chi connectivity index (χ3v) is 10.9. The van der Waals surface area contributed by atoms with Crippen LogP contribution in [0.3, 0.4) is 0 Å². The fourth-order valence-electron chi connectivity index (χ4n) is 5.68. The van der Waals surface area contributed by atoms with Gasteiger partial charge in [-0.3, -0.25) is 0 Å². The normalized spacial score (nSPS) is 13.3. The van der Waals surface area contributed by atoms with Crippen LogP contribution in [0.25, 0.3) is 0 Å². The van der Waals surface area contributed by atoms with E-state index in [0.29, 0.717) is 19.4 Å². The Morgan fingerprint density at radius 1 is 0.478 bits per heavy atom. The van der Waals surface area contributed by atoms with E-state index >= 15 is 0 Å². The monoisotopic (exact) mass is 666 g/mol. The van der Waals surface area contributed by atoms with Crippen molar-refractivity contribution in [1.29, 1.82) is 0 Å². The molecular formula is C41H80NO3P. The molecule has 0 heterocycles. The van der Waals surface area contributed by atoms with E-state index < -0.39 is 8.15 Å². The van der Waals surface area contributed by atoms with Crippen LogP contribution in [0.4, 0.5) is 0 Å². The molecule has 0 saturated heterocycles. The van der Waals surface area contributed by atoms with Crippen LogP contribution >= 0.6 is 8.15 Å². The summed E-state index contributed by atoms with van der Waals surface area (Å²) in [5.41, 5.74) is 0.159. The predicted molar refractivity (Wildman–Crippen MR) is 206 cm³/mol. The average Bonchev–Trinajstić information content (AvgIpc) is 3.02. The van der Waals surface area contributed by atoms with E-state index in [9.17, 15) is 9.59 Å². The Balaban J connectivity index is 4.13. The van der Waals surface area contributed by atoms with Crippen LogP contribution in [-0.4, -0.2) is 49.8 Å². The van der Waals surface area contributed by atoms with Crippen molar-refractivity contribution in [2.75, 3.05) is 34.3 Å². The van der Waals surface area contributed by atoms with Crippen LogP contribution in [0.5, 0.6) is 0 Å². The van der Waals surface area contributed by atoms with Crippen LogP contribution in [0.1, 0.15) is 194 Å². The first-order chi connectivity index (χ1) is 22.3. The van der Waals surface area contributed by atoms with Crippen molar-refractivity contribution in [1.82, 2.24) is 0 Å². The molecule has 0 fully saturated rings. The number of unbranched alkanes of at least 4 members (excludes halogenated alkanes) is 22. The quantitative estimate of drug-likeness (QED) is 0.0289. The minimum Gasteiger partial charge on any atom is -0.0654 e. The Kier molecular flexibility index (Phi) is 33.4. The van der Waals surface area contributed by atoms with Crippen molar-refractivity contribution >= 4 is 19.2 Å². The van der Waals surface area contributed by atoms with Gasteiger partial charge in [0.25, 0.3) is 0 Å². The summed E-state index contributed by atoms with van der Waals surface area (Å²) >= 11 is 0. The average molecular weight is 666 g/mol. The smallest absolute Gasteiger partial charge is 0.0654 e. The number of quaternary nitrogens is 1. The molecule has 272 valence electrons. The van der Waals surface area contributed by atoms with E-state index in [1.54, 1.807) is 0 Å². The second-order valence-electron chi connectivity index (χ2n) is 14.7. The van der Waals surface area contributed by atoms with Gasteiger partial charge in [-0.05, 0) is 0 Å². The summed E-state index contributed by atoms with van der Waals surface area (Å²) in [5, 5.41) is 0. The Morgan fingerprint density at radius 2 is 0.783 bits per heavy atom. The summed E-state index contributed by atoms with van der Waals surface area (Å²) in [7, 11) is 4.27. The molecule has 0 aromatic heterocycles. The Labute approximate surface area is 289 Å². The first-order valence-electron chi connectivity index (χ1n) is 20.0. The Bertz CT molecular complexity index is 690. The minimum absolute atomic E-state index is 0.0796. The molecule has 0 aromatic carbocycles. The summed E-state index contributed by atoms with van der Waals surface area (Å²) in [4.78, 5) is 26.2. The molecule has 5 heteroatoms. The van der Waals surface area contributed by atoms with Gasteiger partial charge in [-0.25, -0.2) is 0 Å². The molecule has 0 radical (unpaired) electrons. The molecule has 4 nitrogen and oxygen atoms in total. The van der Waals surface area contributed by atoms with Gasteiger partial charge in [0, 0.05) is 0 Å². The second kappa shape index (κ2) is 34.0. The van der Waals surface area contributed by atoms with Gasteiger partial charge in [-0.1, -0.05) is 78.1 Å². The van der Waals surface area contributed by atoms with E-state index in [2.05, 4.69) is 59.3 Å². The summed E-state index contributed by atoms with van der Waals surface area (Å²) in [6, 6.07) is 0. The molecule has 0 bridgehead atoms. The summed E-state index contributed by atoms with van der Waals surface area (Å²) in [6.45, 7) is 5.84. The van der Waals surface area contributed by atoms with Gasteiger partial charge in [-0.2, -0.15) is 0 Å². The number of hydrogen-bond acceptors (Lipinski definition) is 3. The molecule has 0 spiro atoms.